The number of anilines is 2. The first-order valence-corrected chi connectivity index (χ1v) is 10.6. The molecule has 0 N–H and O–H groups in total. The molecule has 1 aliphatic rings. The number of hydrogen-bond acceptors (Lipinski definition) is 5. The van der Waals surface area contributed by atoms with E-state index in [1.54, 1.807) is 16.7 Å². The maximum Gasteiger partial charge on any atom is 0.309 e. The molecule has 0 bridgehead atoms. The van der Waals surface area contributed by atoms with Crippen molar-refractivity contribution in [3.05, 3.63) is 60.7 Å². The number of esters is 1. The Morgan fingerprint density at radius 3 is 1.97 bits per heavy atom. The van der Waals surface area contributed by atoms with Gasteiger partial charge < -0.3 is 14.4 Å². The number of carbonyl (C=O) groups excluding carboxylic acids is 3. The van der Waals surface area contributed by atoms with E-state index < -0.39 is 0 Å². The number of rotatable bonds is 8. The summed E-state index contributed by atoms with van der Waals surface area (Å²) >= 11 is 0. The van der Waals surface area contributed by atoms with E-state index in [2.05, 4.69) is 0 Å². The van der Waals surface area contributed by atoms with E-state index in [-0.39, 0.29) is 36.9 Å². The predicted molar refractivity (Wildman–Crippen MR) is 117 cm³/mol. The van der Waals surface area contributed by atoms with Crippen LogP contribution in [-0.2, 0) is 23.9 Å². The summed E-state index contributed by atoms with van der Waals surface area (Å²) in [5.41, 5.74) is 1.46. The molecule has 164 valence electrons. The van der Waals surface area contributed by atoms with Crippen LogP contribution in [0.1, 0.15) is 19.8 Å². The zero-order valence-electron chi connectivity index (χ0n) is 17.7. The van der Waals surface area contributed by atoms with Crippen LogP contribution >= 0.6 is 0 Å². The van der Waals surface area contributed by atoms with E-state index in [1.807, 2.05) is 60.7 Å². The molecule has 7 nitrogen and oxygen atoms in total. The number of carbonyl (C=O) groups is 3. The summed E-state index contributed by atoms with van der Waals surface area (Å²) in [5, 5.41) is 0. The van der Waals surface area contributed by atoms with Crippen LogP contribution in [0.15, 0.2) is 60.7 Å². The minimum atomic E-state index is -0.258. The van der Waals surface area contributed by atoms with E-state index in [0.717, 1.165) is 11.4 Å². The molecule has 2 aromatic carbocycles. The molecule has 7 heteroatoms. The third kappa shape index (κ3) is 6.15. The topological polar surface area (TPSA) is 76.1 Å². The largest absolute Gasteiger partial charge is 0.466 e. The Morgan fingerprint density at radius 1 is 0.903 bits per heavy atom. The van der Waals surface area contributed by atoms with Gasteiger partial charge in [-0.3, -0.25) is 19.3 Å². The van der Waals surface area contributed by atoms with E-state index >= 15 is 0 Å². The summed E-state index contributed by atoms with van der Waals surface area (Å²) in [6.45, 7) is 2.73. The van der Waals surface area contributed by atoms with Crippen LogP contribution in [0, 0.1) is 5.92 Å². The molecule has 2 amide bonds. The Hall–Kier alpha value is -3.19. The van der Waals surface area contributed by atoms with Crippen molar-refractivity contribution in [1.82, 2.24) is 4.90 Å². The normalized spacial score (nSPS) is 14.2. The maximum atomic E-state index is 12.9. The Bertz CT molecular complexity index is 825. The molecule has 0 radical (unpaired) electrons. The fourth-order valence-electron chi connectivity index (χ4n) is 3.60. The van der Waals surface area contributed by atoms with Gasteiger partial charge in [0.25, 0.3) is 5.91 Å². The lowest BCUT2D eigenvalue weighted by atomic mass is 9.97. The summed E-state index contributed by atoms with van der Waals surface area (Å²) in [5.74, 6) is -0.789. The number of nitrogens with zero attached hydrogens (tertiary/aromatic N) is 2. The van der Waals surface area contributed by atoms with Gasteiger partial charge in [0.15, 0.2) is 0 Å². The van der Waals surface area contributed by atoms with Gasteiger partial charge in [0, 0.05) is 24.5 Å². The van der Waals surface area contributed by atoms with E-state index in [4.69, 9.17) is 9.47 Å². The smallest absolute Gasteiger partial charge is 0.309 e. The molecule has 1 saturated heterocycles. The third-order valence-corrected chi connectivity index (χ3v) is 5.20. The number of ether oxygens (including phenoxy) is 2. The molecule has 1 aliphatic heterocycles. The summed E-state index contributed by atoms with van der Waals surface area (Å²) in [7, 11) is 0. The van der Waals surface area contributed by atoms with Crippen molar-refractivity contribution in [2.45, 2.75) is 19.8 Å². The zero-order chi connectivity index (χ0) is 22.1. The number of likely N-dealkylation sites (tertiary alicyclic amines) is 1. The van der Waals surface area contributed by atoms with Gasteiger partial charge in [0.05, 0.1) is 12.5 Å². The Balaban J connectivity index is 1.51. The molecule has 0 atom stereocenters. The SMILES string of the molecule is CCOC(=O)C1CCN(C(=O)COCC(=O)N(c2ccccc2)c2ccccc2)CC1. The Kier molecular flexibility index (Phi) is 8.18. The van der Waals surface area contributed by atoms with Gasteiger partial charge >= 0.3 is 5.97 Å². The molecule has 0 aromatic heterocycles. The third-order valence-electron chi connectivity index (χ3n) is 5.20. The second kappa shape index (κ2) is 11.3. The molecular formula is C24H28N2O5. The van der Waals surface area contributed by atoms with Crippen molar-refractivity contribution in [1.29, 1.82) is 0 Å². The molecule has 1 fully saturated rings. The number of hydrogen-bond donors (Lipinski definition) is 0. The minimum Gasteiger partial charge on any atom is -0.466 e. The summed E-state index contributed by atoms with van der Waals surface area (Å²) in [4.78, 5) is 40.4. The molecule has 3 rings (SSSR count). The highest BCUT2D eigenvalue weighted by atomic mass is 16.5. The van der Waals surface area contributed by atoms with Crippen LogP contribution in [-0.4, -0.2) is 55.6 Å². The van der Waals surface area contributed by atoms with E-state index in [1.165, 1.54) is 0 Å². The fourth-order valence-corrected chi connectivity index (χ4v) is 3.60. The highest BCUT2D eigenvalue weighted by Gasteiger charge is 2.28. The first kappa shape index (κ1) is 22.5. The lowest BCUT2D eigenvalue weighted by molar-refractivity contribution is -0.152. The summed E-state index contributed by atoms with van der Waals surface area (Å²) in [6.07, 6.45) is 1.17. The van der Waals surface area contributed by atoms with Gasteiger partial charge in [-0.15, -0.1) is 0 Å². The first-order valence-electron chi connectivity index (χ1n) is 10.6. The van der Waals surface area contributed by atoms with Crippen molar-refractivity contribution in [2.24, 2.45) is 5.92 Å². The van der Waals surface area contributed by atoms with E-state index in [9.17, 15) is 14.4 Å². The molecule has 0 spiro atoms. The second-order valence-corrected chi connectivity index (χ2v) is 7.30. The number of piperidine rings is 1. The van der Waals surface area contributed by atoms with Gasteiger partial charge in [-0.1, -0.05) is 36.4 Å². The summed E-state index contributed by atoms with van der Waals surface area (Å²) < 4.78 is 10.5. The lowest BCUT2D eigenvalue weighted by Crippen LogP contribution is -2.42. The van der Waals surface area contributed by atoms with Crippen LogP contribution in [0.2, 0.25) is 0 Å². The van der Waals surface area contributed by atoms with Gasteiger partial charge in [-0.2, -0.15) is 0 Å². The van der Waals surface area contributed by atoms with Crippen LogP contribution in [0.25, 0.3) is 0 Å². The molecule has 0 unspecified atom stereocenters. The van der Waals surface area contributed by atoms with Crippen molar-refractivity contribution >= 4 is 29.2 Å². The second-order valence-electron chi connectivity index (χ2n) is 7.30. The quantitative estimate of drug-likeness (QED) is 0.609. The van der Waals surface area contributed by atoms with E-state index in [0.29, 0.717) is 32.5 Å². The Morgan fingerprint density at radius 2 is 1.45 bits per heavy atom. The molecule has 1 heterocycles. The van der Waals surface area contributed by atoms with Crippen LogP contribution < -0.4 is 4.90 Å². The zero-order valence-corrected chi connectivity index (χ0v) is 17.7. The number of benzene rings is 2. The maximum absolute atomic E-state index is 12.9. The average molecular weight is 424 g/mol. The molecular weight excluding hydrogens is 396 g/mol. The van der Waals surface area contributed by atoms with Crippen LogP contribution in [0.4, 0.5) is 11.4 Å². The van der Waals surface area contributed by atoms with Gasteiger partial charge in [0.2, 0.25) is 5.91 Å². The van der Waals surface area contributed by atoms with Crippen molar-refractivity contribution in [3.8, 4) is 0 Å². The van der Waals surface area contributed by atoms with Crippen molar-refractivity contribution in [3.63, 3.8) is 0 Å². The fraction of sp³-hybridized carbons (Fsp3) is 0.375. The number of para-hydroxylation sites is 2. The van der Waals surface area contributed by atoms with Crippen molar-refractivity contribution < 1.29 is 23.9 Å². The van der Waals surface area contributed by atoms with Crippen LogP contribution in [0.5, 0.6) is 0 Å². The summed E-state index contributed by atoms with van der Waals surface area (Å²) in [6, 6.07) is 18.6. The van der Waals surface area contributed by atoms with Gasteiger partial charge in [-0.05, 0) is 44.0 Å². The lowest BCUT2D eigenvalue weighted by Gasteiger charge is -2.30. The van der Waals surface area contributed by atoms with Crippen molar-refractivity contribution in [2.75, 3.05) is 37.8 Å². The van der Waals surface area contributed by atoms with Gasteiger partial charge in [0.1, 0.15) is 13.2 Å². The number of amides is 2. The van der Waals surface area contributed by atoms with Crippen LogP contribution in [0.3, 0.4) is 0 Å². The average Bonchev–Trinajstić information content (AvgIpc) is 2.81. The standard InChI is InChI=1S/C24H28N2O5/c1-2-31-24(29)19-13-15-25(16-14-19)22(27)17-30-18-23(28)26(20-9-5-3-6-10-20)21-11-7-4-8-12-21/h3-12,19H,2,13-18H2,1H3. The highest BCUT2D eigenvalue weighted by molar-refractivity contribution is 6.01. The Labute approximate surface area is 182 Å². The molecule has 31 heavy (non-hydrogen) atoms. The van der Waals surface area contributed by atoms with Gasteiger partial charge in [-0.25, -0.2) is 0 Å². The molecule has 0 aliphatic carbocycles. The molecule has 2 aromatic rings. The predicted octanol–water partition coefficient (Wildman–Crippen LogP) is 3.17. The first-order chi connectivity index (χ1) is 15.1. The highest BCUT2D eigenvalue weighted by Crippen LogP contribution is 2.25. The monoisotopic (exact) mass is 424 g/mol. The minimum absolute atomic E-state index is 0.156. The molecule has 0 saturated carbocycles.